The van der Waals surface area contributed by atoms with Crippen molar-refractivity contribution in [1.82, 2.24) is 0 Å². The molecule has 0 fully saturated rings. The van der Waals surface area contributed by atoms with Crippen molar-refractivity contribution < 1.29 is 27.9 Å². The zero-order valence-corrected chi connectivity index (χ0v) is 13.2. The minimum absolute atomic E-state index is 0.0283. The summed E-state index contributed by atoms with van der Waals surface area (Å²) < 4.78 is 32.6. The van der Waals surface area contributed by atoms with Crippen molar-refractivity contribution in [2.75, 3.05) is 32.0 Å². The van der Waals surface area contributed by atoms with Crippen molar-refractivity contribution in [3.63, 3.8) is 0 Å². The summed E-state index contributed by atoms with van der Waals surface area (Å²) in [4.78, 5) is 10.7. The van der Waals surface area contributed by atoms with E-state index in [4.69, 9.17) is 30.1 Å². The van der Waals surface area contributed by atoms with Crippen LogP contribution in [0.5, 0.6) is 0 Å². The van der Waals surface area contributed by atoms with Crippen LogP contribution in [-0.4, -0.2) is 44.1 Å². The average Bonchev–Trinajstić information content (AvgIpc) is 2.33. The van der Waals surface area contributed by atoms with Gasteiger partial charge in [0.2, 0.25) is 0 Å². The lowest BCUT2D eigenvalue weighted by atomic mass is 10.3. The van der Waals surface area contributed by atoms with Gasteiger partial charge in [-0.05, 0) is 20.3 Å². The van der Waals surface area contributed by atoms with E-state index in [0.29, 0.717) is 19.6 Å². The number of carbonyl (C=O) groups is 1. The van der Waals surface area contributed by atoms with Crippen molar-refractivity contribution in [3.05, 3.63) is 0 Å². The van der Waals surface area contributed by atoms with Gasteiger partial charge in [0, 0.05) is 6.92 Å². The Morgan fingerprint density at radius 3 is 2.26 bits per heavy atom. The molecule has 0 aliphatic carbocycles. The molecule has 1 unspecified atom stereocenters. The van der Waals surface area contributed by atoms with Gasteiger partial charge in [0.1, 0.15) is 12.7 Å². The third-order valence-corrected chi connectivity index (χ3v) is 4.38. The second kappa shape index (κ2) is 10.6. The molecule has 0 aliphatic rings. The minimum Gasteiger partial charge on any atom is -0.463 e. The van der Waals surface area contributed by atoms with E-state index in [2.05, 4.69) is 0 Å². The van der Waals surface area contributed by atoms with Gasteiger partial charge in [0.25, 0.3) is 0 Å². The molecule has 0 aromatic carbocycles. The smallest absolute Gasteiger partial charge is 0.330 e. The van der Waals surface area contributed by atoms with E-state index < -0.39 is 19.7 Å². The molecule has 0 heterocycles. The lowest BCUT2D eigenvalue weighted by Crippen LogP contribution is -2.22. The van der Waals surface area contributed by atoms with E-state index in [1.54, 1.807) is 13.8 Å². The summed E-state index contributed by atoms with van der Waals surface area (Å²) in [6.07, 6.45) is 0.144. The van der Waals surface area contributed by atoms with Crippen molar-refractivity contribution in [1.29, 1.82) is 0 Å². The van der Waals surface area contributed by atoms with Gasteiger partial charge < -0.3 is 18.5 Å². The molecule has 0 saturated heterocycles. The fourth-order valence-corrected chi connectivity index (χ4v) is 3.28. The minimum atomic E-state index is -3.11. The number of hydrogen-bond donors (Lipinski definition) is 0. The molecule has 0 spiro atoms. The highest BCUT2D eigenvalue weighted by atomic mass is 35.5. The van der Waals surface area contributed by atoms with E-state index in [-0.39, 0.29) is 18.8 Å². The van der Waals surface area contributed by atoms with Crippen LogP contribution in [0.3, 0.4) is 0 Å². The lowest BCUT2D eigenvalue weighted by Gasteiger charge is -2.20. The van der Waals surface area contributed by atoms with E-state index >= 15 is 0 Å². The third-order valence-electron chi connectivity index (χ3n) is 2.15. The summed E-state index contributed by atoms with van der Waals surface area (Å²) in [6.45, 7) is 5.49. The predicted molar refractivity (Wildman–Crippen MR) is 72.6 cm³/mol. The maximum atomic E-state index is 12.2. The maximum Gasteiger partial charge on any atom is 0.330 e. The molecular weight excluding hydrogens is 295 g/mol. The maximum absolute atomic E-state index is 12.2. The topological polar surface area (TPSA) is 71.1 Å². The highest BCUT2D eigenvalue weighted by molar-refractivity contribution is 7.53. The van der Waals surface area contributed by atoms with Gasteiger partial charge in [-0.3, -0.25) is 9.36 Å². The van der Waals surface area contributed by atoms with Crippen LogP contribution in [0.2, 0.25) is 0 Å². The summed E-state index contributed by atoms with van der Waals surface area (Å²) in [7, 11) is -3.11. The van der Waals surface area contributed by atoms with Gasteiger partial charge in [0.15, 0.2) is 0 Å². The average molecular weight is 317 g/mol. The Labute approximate surface area is 119 Å². The van der Waals surface area contributed by atoms with Gasteiger partial charge in [-0.15, -0.1) is 0 Å². The monoisotopic (exact) mass is 316 g/mol. The number of ether oxygens (including phenoxy) is 2. The Morgan fingerprint density at radius 1 is 1.26 bits per heavy atom. The Hall–Kier alpha value is -0.130. The van der Waals surface area contributed by atoms with Crippen LogP contribution in [0.1, 0.15) is 27.2 Å². The fraction of sp³-hybridized carbons (Fsp3) is 0.909. The molecule has 0 aliphatic heterocycles. The second-order valence-electron chi connectivity index (χ2n) is 3.66. The van der Waals surface area contributed by atoms with E-state index in [9.17, 15) is 9.36 Å². The van der Waals surface area contributed by atoms with Crippen LogP contribution in [0.4, 0.5) is 0 Å². The quantitative estimate of drug-likeness (QED) is 0.331. The Bertz CT molecular complexity index is 289. The molecule has 0 aromatic rings. The SMILES string of the molecule is CCOP(=O)(CCC(COC(C)=O)OCCl)OCC. The summed E-state index contributed by atoms with van der Waals surface area (Å²) in [5.41, 5.74) is 0. The molecule has 0 saturated carbocycles. The van der Waals surface area contributed by atoms with Crippen molar-refractivity contribution in [2.24, 2.45) is 0 Å². The number of alkyl halides is 1. The lowest BCUT2D eigenvalue weighted by molar-refractivity contribution is -0.144. The number of halogens is 1. The van der Waals surface area contributed by atoms with Crippen LogP contribution in [-0.2, 0) is 27.9 Å². The molecule has 0 radical (unpaired) electrons. The van der Waals surface area contributed by atoms with Crippen LogP contribution < -0.4 is 0 Å². The molecule has 8 heteroatoms. The molecule has 0 N–H and O–H groups in total. The molecule has 0 rings (SSSR count). The van der Waals surface area contributed by atoms with Crippen LogP contribution in [0, 0.1) is 0 Å². The number of rotatable bonds is 11. The zero-order valence-electron chi connectivity index (χ0n) is 11.6. The first-order valence-electron chi connectivity index (χ1n) is 6.16. The van der Waals surface area contributed by atoms with Gasteiger partial charge in [-0.25, -0.2) is 0 Å². The summed E-state index contributed by atoms with van der Waals surface area (Å²) in [6, 6.07) is -0.0283. The molecule has 0 bridgehead atoms. The molecule has 0 aromatic heterocycles. The predicted octanol–water partition coefficient (Wildman–Crippen LogP) is 2.79. The first-order valence-corrected chi connectivity index (χ1v) is 8.42. The van der Waals surface area contributed by atoms with E-state index in [0.717, 1.165) is 0 Å². The third kappa shape index (κ3) is 9.41. The number of esters is 1. The normalized spacial score (nSPS) is 13.3. The Kier molecular flexibility index (Phi) is 10.6. The van der Waals surface area contributed by atoms with Gasteiger partial charge in [-0.1, -0.05) is 11.6 Å². The molecule has 6 nitrogen and oxygen atoms in total. The Balaban J connectivity index is 4.32. The Morgan fingerprint density at radius 2 is 1.84 bits per heavy atom. The van der Waals surface area contributed by atoms with Gasteiger partial charge in [0.05, 0.1) is 25.5 Å². The standard InChI is InChI=1S/C11H22ClO6P/c1-4-17-19(14,18-5-2)7-6-11(16-9-12)8-15-10(3)13/h11H,4-9H2,1-3H3. The summed E-state index contributed by atoms with van der Waals surface area (Å²) in [5.74, 6) is -0.402. The molecule has 0 amide bonds. The van der Waals surface area contributed by atoms with E-state index in [1.807, 2.05) is 0 Å². The highest BCUT2D eigenvalue weighted by Gasteiger charge is 2.25. The highest BCUT2D eigenvalue weighted by Crippen LogP contribution is 2.48. The zero-order chi connectivity index (χ0) is 14.7. The number of hydrogen-bond acceptors (Lipinski definition) is 6. The van der Waals surface area contributed by atoms with Gasteiger partial charge in [-0.2, -0.15) is 0 Å². The molecular formula is C11H22ClO6P. The molecule has 19 heavy (non-hydrogen) atoms. The first-order chi connectivity index (χ1) is 8.97. The molecule has 114 valence electrons. The van der Waals surface area contributed by atoms with Crippen molar-refractivity contribution in [2.45, 2.75) is 33.3 Å². The second-order valence-corrected chi connectivity index (χ2v) is 6.06. The van der Waals surface area contributed by atoms with Crippen molar-refractivity contribution in [3.8, 4) is 0 Å². The van der Waals surface area contributed by atoms with Crippen LogP contribution in [0.15, 0.2) is 0 Å². The van der Waals surface area contributed by atoms with Crippen LogP contribution in [0.25, 0.3) is 0 Å². The van der Waals surface area contributed by atoms with Crippen molar-refractivity contribution >= 4 is 25.2 Å². The summed E-state index contributed by atoms with van der Waals surface area (Å²) in [5, 5.41) is 0. The summed E-state index contributed by atoms with van der Waals surface area (Å²) >= 11 is 5.49. The van der Waals surface area contributed by atoms with E-state index in [1.165, 1.54) is 6.92 Å². The van der Waals surface area contributed by atoms with Gasteiger partial charge >= 0.3 is 13.6 Å². The fourth-order valence-electron chi connectivity index (χ4n) is 1.38. The first kappa shape index (κ1) is 18.9. The largest absolute Gasteiger partial charge is 0.463 e. The van der Waals surface area contributed by atoms with Crippen LogP contribution >= 0.6 is 19.2 Å². The molecule has 1 atom stereocenters. The number of carbonyl (C=O) groups excluding carboxylic acids is 1.